The van der Waals surface area contributed by atoms with Crippen molar-refractivity contribution in [3.8, 4) is 5.69 Å². The van der Waals surface area contributed by atoms with E-state index in [9.17, 15) is 27.2 Å². The molecule has 0 saturated heterocycles. The molecular formula is C23H19F4N3O2. The third-order valence-corrected chi connectivity index (χ3v) is 5.24. The summed E-state index contributed by atoms with van der Waals surface area (Å²) in [6.07, 6.45) is -3.01. The van der Waals surface area contributed by atoms with Gasteiger partial charge in [-0.2, -0.15) is 18.3 Å². The predicted octanol–water partition coefficient (Wildman–Crippen LogP) is 4.50. The maximum Gasteiger partial charge on any atom is 0.416 e. The highest BCUT2D eigenvalue weighted by Crippen LogP contribution is 2.31. The zero-order valence-electron chi connectivity index (χ0n) is 17.1. The second-order valence-corrected chi connectivity index (χ2v) is 7.75. The number of rotatable bonds is 5. The molecule has 0 N–H and O–H groups in total. The molecule has 0 radical (unpaired) electrons. The van der Waals surface area contributed by atoms with Crippen molar-refractivity contribution < 1.29 is 22.4 Å². The highest BCUT2D eigenvalue weighted by molar-refractivity contribution is 5.92. The third kappa shape index (κ3) is 4.56. The smallest absolute Gasteiger partial charge is 0.330 e. The van der Waals surface area contributed by atoms with Gasteiger partial charge in [0.15, 0.2) is 5.69 Å². The van der Waals surface area contributed by atoms with E-state index < -0.39 is 28.9 Å². The minimum atomic E-state index is -4.54. The van der Waals surface area contributed by atoms with E-state index in [2.05, 4.69) is 5.10 Å². The summed E-state index contributed by atoms with van der Waals surface area (Å²) < 4.78 is 53.7. The van der Waals surface area contributed by atoms with Gasteiger partial charge in [-0.15, -0.1) is 0 Å². The van der Waals surface area contributed by atoms with Crippen molar-refractivity contribution in [3.63, 3.8) is 0 Å². The Morgan fingerprint density at radius 3 is 2.44 bits per heavy atom. The lowest BCUT2D eigenvalue weighted by Gasteiger charge is -2.22. The Balaban J connectivity index is 1.71. The number of amides is 1. The highest BCUT2D eigenvalue weighted by Gasteiger charge is 2.35. The highest BCUT2D eigenvalue weighted by atomic mass is 19.4. The summed E-state index contributed by atoms with van der Waals surface area (Å²) in [6, 6.07) is 11.3. The number of aromatic nitrogens is 2. The molecule has 0 spiro atoms. The molecule has 1 aliphatic rings. The maximum absolute atomic E-state index is 13.2. The SMILES string of the molecule is Cc1cc(=O)c(C(=O)N(Cc2ccc(F)cc2)C2CC2)nn1-c1cccc(C(F)(F)F)c1. The van der Waals surface area contributed by atoms with Gasteiger partial charge in [0.1, 0.15) is 5.82 Å². The van der Waals surface area contributed by atoms with Crippen LogP contribution in [0.5, 0.6) is 0 Å². The third-order valence-electron chi connectivity index (χ3n) is 5.24. The summed E-state index contributed by atoms with van der Waals surface area (Å²) >= 11 is 0. The summed E-state index contributed by atoms with van der Waals surface area (Å²) in [5, 5.41) is 4.14. The molecular weight excluding hydrogens is 426 g/mol. The Bertz CT molecular complexity index is 1220. The van der Waals surface area contributed by atoms with Crippen LogP contribution in [-0.4, -0.2) is 26.6 Å². The van der Waals surface area contributed by atoms with Crippen LogP contribution < -0.4 is 5.43 Å². The summed E-state index contributed by atoms with van der Waals surface area (Å²) in [7, 11) is 0. The minimum absolute atomic E-state index is 0.0722. The molecule has 166 valence electrons. The first-order valence-corrected chi connectivity index (χ1v) is 9.97. The summed E-state index contributed by atoms with van der Waals surface area (Å²) in [5.41, 5.74) is -0.775. The van der Waals surface area contributed by atoms with E-state index in [0.29, 0.717) is 11.3 Å². The monoisotopic (exact) mass is 445 g/mol. The van der Waals surface area contributed by atoms with Crippen LogP contribution in [0.15, 0.2) is 59.4 Å². The second-order valence-electron chi connectivity index (χ2n) is 7.75. The molecule has 1 aromatic heterocycles. The number of carbonyl (C=O) groups excluding carboxylic acids is 1. The van der Waals surface area contributed by atoms with Crippen molar-refractivity contribution in [3.05, 3.63) is 93.2 Å². The van der Waals surface area contributed by atoms with Crippen molar-refractivity contribution in [1.82, 2.24) is 14.7 Å². The fraction of sp³-hybridized carbons (Fsp3) is 0.261. The van der Waals surface area contributed by atoms with Crippen molar-refractivity contribution in [2.75, 3.05) is 0 Å². The van der Waals surface area contributed by atoms with E-state index in [4.69, 9.17) is 0 Å². The first kappa shape index (κ1) is 21.7. The molecule has 2 aromatic carbocycles. The summed E-state index contributed by atoms with van der Waals surface area (Å²) in [6.45, 7) is 1.70. The molecule has 5 nitrogen and oxygen atoms in total. The van der Waals surface area contributed by atoms with Gasteiger partial charge in [-0.1, -0.05) is 18.2 Å². The molecule has 1 aliphatic carbocycles. The number of hydrogen-bond donors (Lipinski definition) is 0. The molecule has 4 rings (SSSR count). The number of alkyl halides is 3. The summed E-state index contributed by atoms with van der Waals surface area (Å²) in [4.78, 5) is 27.3. The van der Waals surface area contributed by atoms with Crippen LogP contribution in [0.4, 0.5) is 17.6 Å². The van der Waals surface area contributed by atoms with Crippen molar-refractivity contribution >= 4 is 5.91 Å². The van der Waals surface area contributed by atoms with Gasteiger partial charge in [-0.3, -0.25) is 9.59 Å². The zero-order chi connectivity index (χ0) is 23.0. The zero-order valence-corrected chi connectivity index (χ0v) is 17.1. The van der Waals surface area contributed by atoms with Crippen molar-refractivity contribution in [2.45, 2.75) is 38.5 Å². The molecule has 1 fully saturated rings. The van der Waals surface area contributed by atoms with E-state index in [-0.39, 0.29) is 24.0 Å². The molecule has 1 amide bonds. The fourth-order valence-electron chi connectivity index (χ4n) is 3.45. The van der Waals surface area contributed by atoms with Crippen molar-refractivity contribution in [2.24, 2.45) is 0 Å². The Morgan fingerprint density at radius 2 is 1.81 bits per heavy atom. The van der Waals surface area contributed by atoms with Crippen LogP contribution >= 0.6 is 0 Å². The van der Waals surface area contributed by atoms with Gasteiger partial charge in [0.2, 0.25) is 5.43 Å². The molecule has 1 heterocycles. The number of hydrogen-bond acceptors (Lipinski definition) is 3. The average molecular weight is 445 g/mol. The largest absolute Gasteiger partial charge is 0.416 e. The van der Waals surface area contributed by atoms with Crippen LogP contribution in [0, 0.1) is 12.7 Å². The van der Waals surface area contributed by atoms with Crippen LogP contribution in [-0.2, 0) is 12.7 Å². The molecule has 9 heteroatoms. The van der Waals surface area contributed by atoms with E-state index in [0.717, 1.165) is 29.7 Å². The van der Waals surface area contributed by atoms with Crippen LogP contribution in [0.2, 0.25) is 0 Å². The molecule has 0 atom stereocenters. The van der Waals surface area contributed by atoms with E-state index in [1.165, 1.54) is 42.2 Å². The lowest BCUT2D eigenvalue weighted by Crippen LogP contribution is -2.37. The van der Waals surface area contributed by atoms with Gasteiger partial charge in [0.05, 0.1) is 11.3 Å². The molecule has 32 heavy (non-hydrogen) atoms. The van der Waals surface area contributed by atoms with Crippen LogP contribution in [0.25, 0.3) is 5.69 Å². The lowest BCUT2D eigenvalue weighted by atomic mass is 10.2. The lowest BCUT2D eigenvalue weighted by molar-refractivity contribution is -0.137. The number of benzene rings is 2. The standard InChI is InChI=1S/C23H19F4N3O2/c1-14-11-20(31)21(28-30(14)19-4-2-3-16(12-19)23(25,26)27)22(32)29(18-9-10-18)13-15-5-7-17(24)8-6-15/h2-8,11-12,18H,9-10,13H2,1H3. The first-order valence-electron chi connectivity index (χ1n) is 9.97. The summed E-state index contributed by atoms with van der Waals surface area (Å²) in [5.74, 6) is -1.01. The molecule has 0 aliphatic heterocycles. The quantitative estimate of drug-likeness (QED) is 0.544. The Hall–Kier alpha value is -3.49. The molecule has 0 bridgehead atoms. The Labute approximate surface area is 180 Å². The van der Waals surface area contributed by atoms with Crippen LogP contribution in [0.1, 0.15) is 40.2 Å². The van der Waals surface area contributed by atoms with Crippen molar-refractivity contribution in [1.29, 1.82) is 0 Å². The fourth-order valence-corrected chi connectivity index (χ4v) is 3.45. The number of carbonyl (C=O) groups is 1. The van der Waals surface area contributed by atoms with E-state index in [1.54, 1.807) is 12.1 Å². The Kier molecular flexibility index (Phi) is 5.58. The van der Waals surface area contributed by atoms with E-state index in [1.807, 2.05) is 0 Å². The predicted molar refractivity (Wildman–Crippen MR) is 109 cm³/mol. The van der Waals surface area contributed by atoms with Gasteiger partial charge in [-0.05, 0) is 55.7 Å². The average Bonchev–Trinajstić information content (AvgIpc) is 3.58. The van der Waals surface area contributed by atoms with Gasteiger partial charge in [-0.25, -0.2) is 9.07 Å². The van der Waals surface area contributed by atoms with Gasteiger partial charge in [0, 0.05) is 24.3 Å². The molecule has 1 saturated carbocycles. The topological polar surface area (TPSA) is 55.2 Å². The molecule has 0 unspecified atom stereocenters. The first-order chi connectivity index (χ1) is 15.1. The maximum atomic E-state index is 13.2. The normalized spacial score (nSPS) is 13.8. The number of aryl methyl sites for hydroxylation is 1. The number of halogens is 4. The Morgan fingerprint density at radius 1 is 1.12 bits per heavy atom. The van der Waals surface area contributed by atoms with Crippen LogP contribution in [0.3, 0.4) is 0 Å². The number of nitrogens with zero attached hydrogens (tertiary/aromatic N) is 3. The van der Waals surface area contributed by atoms with Gasteiger partial charge in [0.25, 0.3) is 5.91 Å². The van der Waals surface area contributed by atoms with Gasteiger partial charge < -0.3 is 4.90 Å². The minimum Gasteiger partial charge on any atom is -0.330 e. The van der Waals surface area contributed by atoms with E-state index >= 15 is 0 Å². The van der Waals surface area contributed by atoms with Gasteiger partial charge >= 0.3 is 6.18 Å². The second kappa shape index (κ2) is 8.22. The molecule has 3 aromatic rings.